The highest BCUT2D eigenvalue weighted by molar-refractivity contribution is 5.81. The zero-order chi connectivity index (χ0) is 12.3. The number of ether oxygens (including phenoxy) is 1. The summed E-state index contributed by atoms with van der Waals surface area (Å²) in [5.41, 5.74) is 0.927. The number of hydrogen-bond donors (Lipinski definition) is 1. The van der Waals surface area contributed by atoms with Crippen molar-refractivity contribution < 1.29 is 9.53 Å². The van der Waals surface area contributed by atoms with E-state index in [0.717, 1.165) is 12.0 Å². The van der Waals surface area contributed by atoms with E-state index in [1.165, 1.54) is 0 Å². The highest BCUT2D eigenvalue weighted by atomic mass is 16.5. The fraction of sp³-hybridized carbons (Fsp3) is 0.538. The van der Waals surface area contributed by atoms with E-state index < -0.39 is 0 Å². The summed E-state index contributed by atoms with van der Waals surface area (Å²) in [6.45, 7) is 5.09. The first-order valence-corrected chi connectivity index (χ1v) is 6.06. The van der Waals surface area contributed by atoms with Crippen LogP contribution in [0.4, 0.5) is 0 Å². The molecule has 1 aromatic heterocycles. The minimum absolute atomic E-state index is 0.142. The molecule has 2 rings (SSSR count). The second kappa shape index (κ2) is 5.17. The topological polar surface area (TPSA) is 51.2 Å². The van der Waals surface area contributed by atoms with Gasteiger partial charge in [-0.05, 0) is 25.3 Å². The van der Waals surface area contributed by atoms with E-state index in [1.807, 2.05) is 19.1 Å². The number of aromatic nitrogens is 1. The summed E-state index contributed by atoms with van der Waals surface area (Å²) in [7, 11) is 0. The van der Waals surface area contributed by atoms with Crippen molar-refractivity contribution >= 4 is 5.91 Å². The van der Waals surface area contributed by atoms with Crippen molar-refractivity contribution in [2.45, 2.75) is 26.8 Å². The van der Waals surface area contributed by atoms with E-state index >= 15 is 0 Å². The summed E-state index contributed by atoms with van der Waals surface area (Å²) in [5.74, 6) is 1.50. The molecule has 1 fully saturated rings. The van der Waals surface area contributed by atoms with Crippen molar-refractivity contribution in [3.8, 4) is 5.88 Å². The van der Waals surface area contributed by atoms with Crippen LogP contribution in [0.5, 0.6) is 5.88 Å². The SMILES string of the molecule is CCOc1ncccc1CNC(=O)[C@H]1C[C@@H]1C. The molecule has 4 heteroatoms. The molecule has 17 heavy (non-hydrogen) atoms. The summed E-state index contributed by atoms with van der Waals surface area (Å²) in [6.07, 6.45) is 2.70. The van der Waals surface area contributed by atoms with Gasteiger partial charge in [0.25, 0.3) is 0 Å². The van der Waals surface area contributed by atoms with Crippen LogP contribution in [0.3, 0.4) is 0 Å². The minimum atomic E-state index is 0.142. The largest absolute Gasteiger partial charge is 0.478 e. The second-order valence-electron chi connectivity index (χ2n) is 4.44. The number of pyridine rings is 1. The minimum Gasteiger partial charge on any atom is -0.478 e. The van der Waals surface area contributed by atoms with Crippen LogP contribution < -0.4 is 10.1 Å². The fourth-order valence-corrected chi connectivity index (χ4v) is 1.83. The first-order valence-electron chi connectivity index (χ1n) is 6.06. The van der Waals surface area contributed by atoms with Gasteiger partial charge < -0.3 is 10.1 Å². The predicted octanol–water partition coefficient (Wildman–Crippen LogP) is 1.75. The van der Waals surface area contributed by atoms with E-state index in [1.54, 1.807) is 6.20 Å². The molecule has 4 nitrogen and oxygen atoms in total. The molecule has 0 bridgehead atoms. The normalized spacial score (nSPS) is 22.0. The number of amides is 1. The van der Waals surface area contributed by atoms with Crippen molar-refractivity contribution in [1.29, 1.82) is 0 Å². The number of carbonyl (C=O) groups excluding carboxylic acids is 1. The Morgan fingerprint density at radius 1 is 1.65 bits per heavy atom. The highest BCUT2D eigenvalue weighted by Gasteiger charge is 2.38. The Balaban J connectivity index is 1.91. The van der Waals surface area contributed by atoms with E-state index in [4.69, 9.17) is 4.74 Å². The maximum Gasteiger partial charge on any atom is 0.223 e. The first kappa shape index (κ1) is 11.9. The van der Waals surface area contributed by atoms with Gasteiger partial charge in [0.05, 0.1) is 6.61 Å². The van der Waals surface area contributed by atoms with Crippen molar-refractivity contribution in [1.82, 2.24) is 10.3 Å². The highest BCUT2D eigenvalue weighted by Crippen LogP contribution is 2.37. The van der Waals surface area contributed by atoms with Crippen molar-refractivity contribution in [2.24, 2.45) is 11.8 Å². The Morgan fingerprint density at radius 3 is 3.06 bits per heavy atom. The Bertz CT molecular complexity index is 406. The number of nitrogens with zero attached hydrogens (tertiary/aromatic N) is 1. The quantitative estimate of drug-likeness (QED) is 0.844. The molecule has 0 spiro atoms. The van der Waals surface area contributed by atoms with Gasteiger partial charge in [-0.3, -0.25) is 4.79 Å². The third-order valence-electron chi connectivity index (χ3n) is 3.03. The standard InChI is InChI=1S/C13H18N2O2/c1-3-17-13-10(5-4-6-14-13)8-15-12(16)11-7-9(11)2/h4-6,9,11H,3,7-8H2,1-2H3,(H,15,16)/t9-,11-/m0/s1. The lowest BCUT2D eigenvalue weighted by molar-refractivity contribution is -0.122. The molecule has 1 amide bonds. The van der Waals surface area contributed by atoms with E-state index in [9.17, 15) is 4.79 Å². The summed E-state index contributed by atoms with van der Waals surface area (Å²) >= 11 is 0. The third-order valence-corrected chi connectivity index (χ3v) is 3.03. The van der Waals surface area contributed by atoms with Gasteiger partial charge in [0, 0.05) is 24.2 Å². The third kappa shape index (κ3) is 2.96. The van der Waals surface area contributed by atoms with E-state index in [-0.39, 0.29) is 11.8 Å². The average molecular weight is 234 g/mol. The summed E-state index contributed by atoms with van der Waals surface area (Å²) in [5, 5.41) is 2.93. The van der Waals surface area contributed by atoms with Gasteiger partial charge in [-0.1, -0.05) is 13.0 Å². The predicted molar refractivity (Wildman–Crippen MR) is 64.5 cm³/mol. The van der Waals surface area contributed by atoms with Crippen LogP contribution in [0.15, 0.2) is 18.3 Å². The Morgan fingerprint density at radius 2 is 2.41 bits per heavy atom. The zero-order valence-corrected chi connectivity index (χ0v) is 10.3. The molecule has 0 saturated heterocycles. The molecule has 0 aromatic carbocycles. The van der Waals surface area contributed by atoms with Crippen LogP contribution in [-0.2, 0) is 11.3 Å². The van der Waals surface area contributed by atoms with Crippen molar-refractivity contribution in [3.05, 3.63) is 23.9 Å². The number of hydrogen-bond acceptors (Lipinski definition) is 3. The average Bonchev–Trinajstić information content (AvgIpc) is 3.05. The van der Waals surface area contributed by atoms with Crippen LogP contribution in [-0.4, -0.2) is 17.5 Å². The van der Waals surface area contributed by atoms with Crippen molar-refractivity contribution in [3.63, 3.8) is 0 Å². The van der Waals surface area contributed by atoms with Crippen LogP contribution >= 0.6 is 0 Å². The summed E-state index contributed by atoms with van der Waals surface area (Å²) in [6, 6.07) is 3.78. The van der Waals surface area contributed by atoms with Gasteiger partial charge in [-0.25, -0.2) is 4.98 Å². The molecule has 92 valence electrons. The lowest BCUT2D eigenvalue weighted by atomic mass is 10.2. The van der Waals surface area contributed by atoms with Gasteiger partial charge >= 0.3 is 0 Å². The summed E-state index contributed by atoms with van der Waals surface area (Å²) < 4.78 is 5.40. The van der Waals surface area contributed by atoms with E-state index in [2.05, 4.69) is 17.2 Å². The lowest BCUT2D eigenvalue weighted by Crippen LogP contribution is -2.25. The van der Waals surface area contributed by atoms with Gasteiger partial charge in [0.2, 0.25) is 11.8 Å². The van der Waals surface area contributed by atoms with Crippen LogP contribution in [0.1, 0.15) is 25.8 Å². The zero-order valence-electron chi connectivity index (χ0n) is 10.3. The monoisotopic (exact) mass is 234 g/mol. The molecular formula is C13H18N2O2. The molecular weight excluding hydrogens is 216 g/mol. The maximum atomic E-state index is 11.7. The van der Waals surface area contributed by atoms with Crippen LogP contribution in [0.2, 0.25) is 0 Å². The Labute approximate surface area is 101 Å². The van der Waals surface area contributed by atoms with E-state index in [0.29, 0.717) is 24.9 Å². The Hall–Kier alpha value is -1.58. The molecule has 2 atom stereocenters. The molecule has 1 aromatic rings. The smallest absolute Gasteiger partial charge is 0.223 e. The first-order chi connectivity index (χ1) is 8.22. The second-order valence-corrected chi connectivity index (χ2v) is 4.44. The molecule has 1 N–H and O–H groups in total. The lowest BCUT2D eigenvalue weighted by Gasteiger charge is -2.09. The number of rotatable bonds is 5. The van der Waals surface area contributed by atoms with Crippen LogP contribution in [0, 0.1) is 11.8 Å². The molecule has 0 aliphatic heterocycles. The molecule has 1 heterocycles. The number of carbonyl (C=O) groups is 1. The van der Waals surface area contributed by atoms with Gasteiger partial charge in [-0.2, -0.15) is 0 Å². The molecule has 1 saturated carbocycles. The van der Waals surface area contributed by atoms with Gasteiger partial charge in [-0.15, -0.1) is 0 Å². The molecule has 1 aliphatic carbocycles. The van der Waals surface area contributed by atoms with Crippen LogP contribution in [0.25, 0.3) is 0 Å². The maximum absolute atomic E-state index is 11.7. The van der Waals surface area contributed by atoms with Crippen molar-refractivity contribution in [2.75, 3.05) is 6.61 Å². The van der Waals surface area contributed by atoms with Gasteiger partial charge in [0.1, 0.15) is 0 Å². The molecule has 0 radical (unpaired) electrons. The Kier molecular flexibility index (Phi) is 3.61. The fourth-order valence-electron chi connectivity index (χ4n) is 1.83. The number of nitrogens with one attached hydrogen (secondary N) is 1. The molecule has 0 unspecified atom stereocenters. The summed E-state index contributed by atoms with van der Waals surface area (Å²) in [4.78, 5) is 15.8. The van der Waals surface area contributed by atoms with Gasteiger partial charge in [0.15, 0.2) is 0 Å². The molecule has 1 aliphatic rings.